The fourth-order valence-corrected chi connectivity index (χ4v) is 4.70. The Bertz CT molecular complexity index is 646. The van der Waals surface area contributed by atoms with E-state index in [4.69, 9.17) is 0 Å². The standard InChI is InChI=1S/C20H24O/c1-19(2,3)16-7-5-14-12-20(18(21)10-15(14)9-16)11-13-4-6-17(20)8-13/h4-7,9,13,17H,8,10-12H2,1-3H3. The van der Waals surface area contributed by atoms with Gasteiger partial charge < -0.3 is 0 Å². The monoisotopic (exact) mass is 280 g/mol. The van der Waals surface area contributed by atoms with Crippen LogP contribution in [0.15, 0.2) is 30.4 Å². The fourth-order valence-electron chi connectivity index (χ4n) is 4.70. The summed E-state index contributed by atoms with van der Waals surface area (Å²) in [6, 6.07) is 6.84. The Labute approximate surface area is 127 Å². The third-order valence-electron chi connectivity index (χ3n) is 5.99. The molecule has 110 valence electrons. The first-order chi connectivity index (χ1) is 9.88. The normalized spacial score (nSPS) is 33.8. The zero-order chi connectivity index (χ0) is 14.8. The lowest BCUT2D eigenvalue weighted by Gasteiger charge is -2.39. The SMILES string of the molecule is CC(C)(C)c1ccc2c(c1)CC(=O)C1(C2)CC2C=CC1C2. The Morgan fingerprint density at radius 1 is 1.14 bits per heavy atom. The molecule has 0 aromatic heterocycles. The molecule has 2 bridgehead atoms. The van der Waals surface area contributed by atoms with E-state index in [9.17, 15) is 4.79 Å². The van der Waals surface area contributed by atoms with Crippen LogP contribution in [0.5, 0.6) is 0 Å². The molecule has 0 amide bonds. The van der Waals surface area contributed by atoms with Gasteiger partial charge in [0.1, 0.15) is 5.78 Å². The molecule has 3 aliphatic rings. The first kappa shape index (κ1) is 13.3. The molecule has 0 radical (unpaired) electrons. The average molecular weight is 280 g/mol. The summed E-state index contributed by atoms with van der Waals surface area (Å²) < 4.78 is 0. The molecule has 1 spiro atoms. The highest BCUT2D eigenvalue weighted by Gasteiger charge is 2.54. The average Bonchev–Trinajstić information content (AvgIpc) is 2.99. The Morgan fingerprint density at radius 3 is 2.57 bits per heavy atom. The number of fused-ring (bicyclic) bond motifs is 4. The summed E-state index contributed by atoms with van der Waals surface area (Å²) in [7, 11) is 0. The van der Waals surface area contributed by atoms with Crippen molar-refractivity contribution in [2.45, 2.75) is 51.9 Å². The van der Waals surface area contributed by atoms with E-state index in [2.05, 4.69) is 51.1 Å². The van der Waals surface area contributed by atoms with Crippen molar-refractivity contribution >= 4 is 5.78 Å². The highest BCUT2D eigenvalue weighted by Crippen LogP contribution is 2.56. The summed E-state index contributed by atoms with van der Waals surface area (Å²) in [6.45, 7) is 6.71. The number of carbonyl (C=O) groups excluding carboxylic acids is 1. The first-order valence-corrected chi connectivity index (χ1v) is 8.22. The second kappa shape index (κ2) is 4.09. The van der Waals surface area contributed by atoms with Crippen molar-refractivity contribution < 1.29 is 4.79 Å². The van der Waals surface area contributed by atoms with E-state index in [1.807, 2.05) is 0 Å². The molecular formula is C20H24O. The molecule has 0 N–H and O–H groups in total. The molecule has 1 fully saturated rings. The number of allylic oxidation sites excluding steroid dienone is 2. The molecule has 0 heterocycles. The smallest absolute Gasteiger partial charge is 0.144 e. The quantitative estimate of drug-likeness (QED) is 0.650. The van der Waals surface area contributed by atoms with Gasteiger partial charge in [-0.15, -0.1) is 0 Å². The zero-order valence-corrected chi connectivity index (χ0v) is 13.3. The zero-order valence-electron chi connectivity index (χ0n) is 13.3. The van der Waals surface area contributed by atoms with E-state index in [-0.39, 0.29) is 10.8 Å². The Morgan fingerprint density at radius 2 is 1.95 bits per heavy atom. The summed E-state index contributed by atoms with van der Waals surface area (Å²) in [5, 5.41) is 0. The number of hydrogen-bond donors (Lipinski definition) is 0. The van der Waals surface area contributed by atoms with Crippen molar-refractivity contribution in [3.05, 3.63) is 47.0 Å². The minimum absolute atomic E-state index is 0.0599. The highest BCUT2D eigenvalue weighted by atomic mass is 16.1. The highest BCUT2D eigenvalue weighted by molar-refractivity contribution is 5.90. The van der Waals surface area contributed by atoms with Crippen LogP contribution < -0.4 is 0 Å². The van der Waals surface area contributed by atoms with Gasteiger partial charge in [-0.25, -0.2) is 0 Å². The van der Waals surface area contributed by atoms with Crippen LogP contribution in [-0.4, -0.2) is 5.78 Å². The minimum atomic E-state index is -0.0599. The second-order valence-electron chi connectivity index (χ2n) is 8.36. The van der Waals surface area contributed by atoms with Gasteiger partial charge in [0.2, 0.25) is 0 Å². The van der Waals surface area contributed by atoms with Gasteiger partial charge in [0.15, 0.2) is 0 Å². The van der Waals surface area contributed by atoms with Crippen molar-refractivity contribution in [2.75, 3.05) is 0 Å². The summed E-state index contributed by atoms with van der Waals surface area (Å²) in [6.07, 6.45) is 8.57. The molecule has 4 rings (SSSR count). The molecular weight excluding hydrogens is 256 g/mol. The van der Waals surface area contributed by atoms with Crippen LogP contribution in [-0.2, 0) is 23.1 Å². The molecule has 21 heavy (non-hydrogen) atoms. The molecule has 0 aliphatic heterocycles. The Kier molecular flexibility index (Phi) is 2.59. The van der Waals surface area contributed by atoms with Gasteiger partial charge in [-0.2, -0.15) is 0 Å². The Balaban J connectivity index is 1.73. The lowest BCUT2D eigenvalue weighted by Crippen LogP contribution is -2.42. The van der Waals surface area contributed by atoms with Gasteiger partial charge >= 0.3 is 0 Å². The largest absolute Gasteiger partial charge is 0.299 e. The van der Waals surface area contributed by atoms with E-state index in [0.29, 0.717) is 24.0 Å². The molecule has 0 saturated heterocycles. The maximum atomic E-state index is 12.9. The number of hydrogen-bond acceptors (Lipinski definition) is 1. The van der Waals surface area contributed by atoms with Gasteiger partial charge in [0.25, 0.3) is 0 Å². The number of ketones is 1. The molecule has 3 unspecified atom stereocenters. The molecule has 1 saturated carbocycles. The van der Waals surface area contributed by atoms with Gasteiger partial charge in [-0.05, 0) is 53.2 Å². The van der Waals surface area contributed by atoms with Gasteiger partial charge in [0.05, 0.1) is 0 Å². The topological polar surface area (TPSA) is 17.1 Å². The summed E-state index contributed by atoms with van der Waals surface area (Å²) >= 11 is 0. The van der Waals surface area contributed by atoms with Crippen LogP contribution in [0.2, 0.25) is 0 Å². The van der Waals surface area contributed by atoms with E-state index in [1.54, 1.807) is 0 Å². The maximum absolute atomic E-state index is 12.9. The molecule has 1 nitrogen and oxygen atoms in total. The predicted octanol–water partition coefficient (Wildman–Crippen LogP) is 4.23. The van der Waals surface area contributed by atoms with E-state index in [1.165, 1.54) is 23.1 Å². The van der Waals surface area contributed by atoms with Crippen molar-refractivity contribution in [1.82, 2.24) is 0 Å². The molecule has 1 aromatic carbocycles. The minimum Gasteiger partial charge on any atom is -0.299 e. The van der Waals surface area contributed by atoms with E-state index in [0.717, 1.165) is 12.8 Å². The first-order valence-electron chi connectivity index (χ1n) is 8.22. The summed E-state index contributed by atoms with van der Waals surface area (Å²) in [4.78, 5) is 12.9. The Hall–Kier alpha value is -1.37. The van der Waals surface area contributed by atoms with Crippen molar-refractivity contribution in [3.63, 3.8) is 0 Å². The van der Waals surface area contributed by atoms with Crippen molar-refractivity contribution in [2.24, 2.45) is 17.3 Å². The van der Waals surface area contributed by atoms with Crippen LogP contribution in [0.3, 0.4) is 0 Å². The van der Waals surface area contributed by atoms with Crippen LogP contribution >= 0.6 is 0 Å². The number of Topliss-reactive ketones (excluding diaryl/α,β-unsaturated/α-hetero) is 1. The number of benzene rings is 1. The number of rotatable bonds is 0. The third kappa shape index (κ3) is 1.86. The van der Waals surface area contributed by atoms with Gasteiger partial charge in [0, 0.05) is 11.8 Å². The lowest BCUT2D eigenvalue weighted by molar-refractivity contribution is -0.130. The van der Waals surface area contributed by atoms with Crippen LogP contribution in [0, 0.1) is 17.3 Å². The van der Waals surface area contributed by atoms with Crippen molar-refractivity contribution in [1.29, 1.82) is 0 Å². The van der Waals surface area contributed by atoms with Crippen LogP contribution in [0.1, 0.15) is 50.3 Å². The summed E-state index contributed by atoms with van der Waals surface area (Å²) in [5.74, 6) is 1.66. The van der Waals surface area contributed by atoms with Gasteiger partial charge in [-0.3, -0.25) is 4.79 Å². The van der Waals surface area contributed by atoms with Crippen molar-refractivity contribution in [3.8, 4) is 0 Å². The fraction of sp³-hybridized carbons (Fsp3) is 0.550. The van der Waals surface area contributed by atoms with Gasteiger partial charge in [-0.1, -0.05) is 51.1 Å². The number of carbonyl (C=O) groups is 1. The molecule has 3 aliphatic carbocycles. The van der Waals surface area contributed by atoms with Crippen LogP contribution in [0.25, 0.3) is 0 Å². The van der Waals surface area contributed by atoms with Crippen LogP contribution in [0.4, 0.5) is 0 Å². The second-order valence-corrected chi connectivity index (χ2v) is 8.36. The van der Waals surface area contributed by atoms with E-state index >= 15 is 0 Å². The molecule has 1 aromatic rings. The summed E-state index contributed by atoms with van der Waals surface area (Å²) in [5.41, 5.74) is 4.14. The maximum Gasteiger partial charge on any atom is 0.144 e. The lowest BCUT2D eigenvalue weighted by atomic mass is 9.63. The predicted molar refractivity (Wildman–Crippen MR) is 85.3 cm³/mol. The molecule has 3 atom stereocenters. The molecule has 1 heteroatoms. The van der Waals surface area contributed by atoms with E-state index < -0.39 is 0 Å². The third-order valence-corrected chi connectivity index (χ3v) is 5.99.